The summed E-state index contributed by atoms with van der Waals surface area (Å²) in [5.74, 6) is -0.479. The number of aromatic nitrogens is 3. The predicted octanol–water partition coefficient (Wildman–Crippen LogP) is 4.32. The quantitative estimate of drug-likeness (QED) is 0.249. The second-order valence-corrected chi connectivity index (χ2v) is 10.9. The van der Waals surface area contributed by atoms with Crippen LogP contribution in [-0.2, 0) is 20.9 Å². The Labute approximate surface area is 255 Å². The average molecular weight is 604 g/mol. The van der Waals surface area contributed by atoms with Crippen LogP contribution in [-0.4, -0.2) is 66.3 Å². The van der Waals surface area contributed by atoms with Gasteiger partial charge in [0.05, 0.1) is 39.0 Å². The average Bonchev–Trinajstić information content (AvgIpc) is 3.40. The SMILES string of the molecule is CCOC(=O)c1ccc(N(C(=O)Cn2nnc3ccccc32)[C@@H](C(=O)NC(C)(C)C)c2cc(OC)c(OC)c(OC)c2)cc1. The van der Waals surface area contributed by atoms with Gasteiger partial charge in [-0.05, 0) is 81.8 Å². The summed E-state index contributed by atoms with van der Waals surface area (Å²) < 4.78 is 23.3. The maximum absolute atomic E-state index is 14.4. The number of fused-ring (bicyclic) bond motifs is 1. The number of methoxy groups -OCH3 is 3. The Bertz CT molecular complexity index is 1620. The third-order valence-corrected chi connectivity index (χ3v) is 6.64. The van der Waals surface area contributed by atoms with Gasteiger partial charge in [0, 0.05) is 11.2 Å². The van der Waals surface area contributed by atoms with Gasteiger partial charge in [-0.2, -0.15) is 0 Å². The van der Waals surface area contributed by atoms with Crippen LogP contribution in [0.5, 0.6) is 17.2 Å². The summed E-state index contributed by atoms with van der Waals surface area (Å²) in [6, 6.07) is 15.6. The highest BCUT2D eigenvalue weighted by Crippen LogP contribution is 2.42. The summed E-state index contributed by atoms with van der Waals surface area (Å²) in [7, 11) is 4.42. The van der Waals surface area contributed by atoms with E-state index < -0.39 is 29.4 Å². The van der Waals surface area contributed by atoms with Gasteiger partial charge in [-0.25, -0.2) is 9.48 Å². The van der Waals surface area contributed by atoms with Crippen molar-refractivity contribution >= 4 is 34.5 Å². The van der Waals surface area contributed by atoms with E-state index in [1.165, 1.54) is 30.9 Å². The zero-order chi connectivity index (χ0) is 32.0. The number of nitrogens with one attached hydrogen (secondary N) is 1. The first-order chi connectivity index (χ1) is 21.0. The van der Waals surface area contributed by atoms with E-state index in [1.54, 1.807) is 49.4 Å². The smallest absolute Gasteiger partial charge is 0.338 e. The van der Waals surface area contributed by atoms with Crippen molar-refractivity contribution in [1.29, 1.82) is 0 Å². The Morgan fingerprint density at radius 2 is 1.57 bits per heavy atom. The normalized spacial score (nSPS) is 11.9. The van der Waals surface area contributed by atoms with Crippen LogP contribution in [0.15, 0.2) is 60.7 Å². The first-order valence-corrected chi connectivity index (χ1v) is 14.0. The minimum Gasteiger partial charge on any atom is -0.493 e. The number of esters is 1. The number of nitrogens with zero attached hydrogens (tertiary/aromatic N) is 4. The van der Waals surface area contributed by atoms with E-state index in [1.807, 2.05) is 39.0 Å². The van der Waals surface area contributed by atoms with Crippen molar-refractivity contribution in [3.63, 3.8) is 0 Å². The molecule has 1 N–H and O–H groups in total. The Balaban J connectivity index is 1.91. The second kappa shape index (κ2) is 13.4. The summed E-state index contributed by atoms with van der Waals surface area (Å²) in [6.45, 7) is 7.24. The molecule has 1 heterocycles. The highest BCUT2D eigenvalue weighted by Gasteiger charge is 2.36. The van der Waals surface area contributed by atoms with Crippen molar-refractivity contribution in [2.24, 2.45) is 0 Å². The Hall–Kier alpha value is -5.13. The predicted molar refractivity (Wildman–Crippen MR) is 164 cm³/mol. The van der Waals surface area contributed by atoms with E-state index in [0.717, 1.165) is 0 Å². The van der Waals surface area contributed by atoms with Gasteiger partial charge >= 0.3 is 5.97 Å². The number of benzene rings is 3. The molecule has 0 aliphatic heterocycles. The number of amides is 2. The van der Waals surface area contributed by atoms with Crippen LogP contribution in [0.1, 0.15) is 49.7 Å². The molecule has 2 amide bonds. The fourth-order valence-corrected chi connectivity index (χ4v) is 4.76. The third kappa shape index (κ3) is 6.91. The van der Waals surface area contributed by atoms with Gasteiger partial charge < -0.3 is 24.3 Å². The molecule has 1 atom stereocenters. The molecule has 232 valence electrons. The zero-order valence-corrected chi connectivity index (χ0v) is 25.9. The van der Waals surface area contributed by atoms with Crippen molar-refractivity contribution in [1.82, 2.24) is 20.3 Å². The summed E-state index contributed by atoms with van der Waals surface area (Å²) in [5, 5.41) is 11.4. The molecule has 12 heteroatoms. The Morgan fingerprint density at radius 3 is 2.14 bits per heavy atom. The maximum Gasteiger partial charge on any atom is 0.338 e. The van der Waals surface area contributed by atoms with E-state index in [-0.39, 0.29) is 13.2 Å². The minimum absolute atomic E-state index is 0.216. The number of ether oxygens (including phenoxy) is 4. The van der Waals surface area contributed by atoms with Gasteiger partial charge in [0.25, 0.3) is 0 Å². The Morgan fingerprint density at radius 1 is 0.932 bits per heavy atom. The highest BCUT2D eigenvalue weighted by molar-refractivity contribution is 6.02. The number of hydrogen-bond acceptors (Lipinski definition) is 9. The molecule has 0 bridgehead atoms. The van der Waals surface area contributed by atoms with Crippen LogP contribution in [0, 0.1) is 0 Å². The van der Waals surface area contributed by atoms with Crippen LogP contribution in [0.2, 0.25) is 0 Å². The minimum atomic E-state index is -1.21. The van der Waals surface area contributed by atoms with Gasteiger partial charge in [0.1, 0.15) is 18.1 Å². The fraction of sp³-hybridized carbons (Fsp3) is 0.344. The highest BCUT2D eigenvalue weighted by atomic mass is 16.5. The molecule has 0 saturated carbocycles. The summed E-state index contributed by atoms with van der Waals surface area (Å²) >= 11 is 0. The number of anilines is 1. The lowest BCUT2D eigenvalue weighted by atomic mass is 9.99. The van der Waals surface area contributed by atoms with Crippen LogP contribution in [0.25, 0.3) is 11.0 Å². The molecule has 4 rings (SSSR count). The van der Waals surface area contributed by atoms with E-state index in [4.69, 9.17) is 18.9 Å². The zero-order valence-electron chi connectivity index (χ0n) is 25.9. The lowest BCUT2D eigenvalue weighted by Crippen LogP contribution is -2.50. The number of hydrogen-bond donors (Lipinski definition) is 1. The number of rotatable bonds is 11. The van der Waals surface area contributed by atoms with Crippen molar-refractivity contribution in [2.75, 3.05) is 32.8 Å². The van der Waals surface area contributed by atoms with Crippen LogP contribution < -0.4 is 24.4 Å². The molecular formula is C32H37N5O7. The third-order valence-electron chi connectivity index (χ3n) is 6.64. The lowest BCUT2D eigenvalue weighted by molar-refractivity contribution is -0.128. The van der Waals surface area contributed by atoms with E-state index >= 15 is 0 Å². The van der Waals surface area contributed by atoms with E-state index in [9.17, 15) is 14.4 Å². The molecule has 1 aromatic heterocycles. The molecule has 4 aromatic rings. The van der Waals surface area contributed by atoms with Gasteiger partial charge in [-0.3, -0.25) is 14.5 Å². The van der Waals surface area contributed by atoms with Gasteiger partial charge in [-0.1, -0.05) is 17.3 Å². The van der Waals surface area contributed by atoms with Crippen molar-refractivity contribution in [3.8, 4) is 17.2 Å². The Kier molecular flexibility index (Phi) is 9.72. The molecule has 12 nitrogen and oxygen atoms in total. The molecule has 0 fully saturated rings. The van der Waals surface area contributed by atoms with Crippen LogP contribution in [0.4, 0.5) is 5.69 Å². The summed E-state index contributed by atoms with van der Waals surface area (Å²) in [5.41, 5.74) is 1.69. The summed E-state index contributed by atoms with van der Waals surface area (Å²) in [4.78, 5) is 42.3. The molecule has 44 heavy (non-hydrogen) atoms. The second-order valence-electron chi connectivity index (χ2n) is 10.9. The molecule has 3 aromatic carbocycles. The van der Waals surface area contributed by atoms with Gasteiger partial charge in [-0.15, -0.1) is 5.10 Å². The number of para-hydroxylation sites is 1. The molecular weight excluding hydrogens is 566 g/mol. The molecule has 0 radical (unpaired) electrons. The van der Waals surface area contributed by atoms with Crippen molar-refractivity contribution in [3.05, 3.63) is 71.8 Å². The van der Waals surface area contributed by atoms with E-state index in [0.29, 0.717) is 45.1 Å². The maximum atomic E-state index is 14.4. The first kappa shape index (κ1) is 31.8. The van der Waals surface area contributed by atoms with Crippen LogP contribution in [0.3, 0.4) is 0 Å². The monoisotopic (exact) mass is 603 g/mol. The number of carbonyl (C=O) groups is 3. The molecule has 0 aliphatic carbocycles. The molecule has 0 spiro atoms. The molecule has 0 unspecified atom stereocenters. The van der Waals surface area contributed by atoms with Crippen molar-refractivity contribution < 1.29 is 33.3 Å². The largest absolute Gasteiger partial charge is 0.493 e. The molecule has 0 aliphatic rings. The van der Waals surface area contributed by atoms with Gasteiger partial charge in [0.2, 0.25) is 17.6 Å². The molecule has 0 saturated heterocycles. The number of carbonyl (C=O) groups excluding carboxylic acids is 3. The first-order valence-electron chi connectivity index (χ1n) is 14.0. The van der Waals surface area contributed by atoms with Crippen LogP contribution >= 0.6 is 0 Å². The van der Waals surface area contributed by atoms with Crippen molar-refractivity contribution in [2.45, 2.75) is 45.8 Å². The van der Waals surface area contributed by atoms with E-state index in [2.05, 4.69) is 15.6 Å². The lowest BCUT2D eigenvalue weighted by Gasteiger charge is -2.34. The standard InChI is InChI=1S/C32H37N5O7/c1-8-44-31(40)20-13-15-22(16-14-20)37(27(38)19-36-24-12-10-9-11-23(24)34-35-36)28(30(39)33-32(2,3)4)21-17-25(41-5)29(43-7)26(18-21)42-6/h9-18,28H,8,19H2,1-7H3,(H,33,39)/t28-/m1/s1. The fourth-order valence-electron chi connectivity index (χ4n) is 4.76. The van der Waals surface area contributed by atoms with Gasteiger partial charge in [0.15, 0.2) is 11.5 Å². The summed E-state index contributed by atoms with van der Waals surface area (Å²) in [6.07, 6.45) is 0. The topological polar surface area (TPSA) is 134 Å².